The lowest BCUT2D eigenvalue weighted by molar-refractivity contribution is -0.143. The Hall–Kier alpha value is -3.18. The maximum absolute atomic E-state index is 12.5. The van der Waals surface area contributed by atoms with E-state index in [1.165, 1.54) is 38.1 Å². The molecule has 0 radical (unpaired) electrons. The van der Waals surface area contributed by atoms with Gasteiger partial charge >= 0.3 is 11.9 Å². The van der Waals surface area contributed by atoms with E-state index in [9.17, 15) is 34.5 Å². The first kappa shape index (κ1) is 23.9. The number of benzene rings is 1. The number of aromatic hydroxyl groups is 1. The van der Waals surface area contributed by atoms with Gasteiger partial charge in [-0.15, -0.1) is 0 Å². The summed E-state index contributed by atoms with van der Waals surface area (Å²) in [5.74, 6) is -4.81. The van der Waals surface area contributed by atoms with E-state index >= 15 is 0 Å². The maximum Gasteiger partial charge on any atom is 0.326 e. The first-order valence-corrected chi connectivity index (χ1v) is 8.65. The van der Waals surface area contributed by atoms with Gasteiger partial charge in [-0.2, -0.15) is 0 Å². The van der Waals surface area contributed by atoms with E-state index in [0.717, 1.165) is 0 Å². The standard InChI is InChI=1S/C18H25N3O8/c1-9(22)18(2,19)17(29)21-12(8-14(24)25)15(26)20-13(16(27)28)7-10-3-5-11(23)6-4-10/h3-6,9,12-13,22-23H,7-8,19H2,1-2H3,(H,20,26)(H,21,29)(H,24,25)(H,27,28)/t9?,12-,13+,18-/m0/s1. The van der Waals surface area contributed by atoms with Gasteiger partial charge in [0.2, 0.25) is 11.8 Å². The van der Waals surface area contributed by atoms with Crippen molar-refractivity contribution in [3.05, 3.63) is 29.8 Å². The molecule has 0 aromatic heterocycles. The number of aliphatic hydroxyl groups excluding tert-OH is 1. The molecular weight excluding hydrogens is 386 g/mol. The van der Waals surface area contributed by atoms with E-state index in [-0.39, 0.29) is 12.2 Å². The number of rotatable bonds is 10. The van der Waals surface area contributed by atoms with Crippen LogP contribution in [-0.2, 0) is 25.6 Å². The highest BCUT2D eigenvalue weighted by atomic mass is 16.4. The molecule has 160 valence electrons. The fraction of sp³-hybridized carbons (Fsp3) is 0.444. The molecule has 2 amide bonds. The van der Waals surface area contributed by atoms with Crippen LogP contribution in [-0.4, -0.2) is 67.9 Å². The Labute approximate surface area is 166 Å². The van der Waals surface area contributed by atoms with Crippen LogP contribution in [0.4, 0.5) is 0 Å². The number of aliphatic carboxylic acids is 2. The minimum Gasteiger partial charge on any atom is -0.508 e. The quantitative estimate of drug-likeness (QED) is 0.241. The van der Waals surface area contributed by atoms with Gasteiger partial charge in [0, 0.05) is 6.42 Å². The molecule has 0 fully saturated rings. The number of carbonyl (C=O) groups excluding carboxylic acids is 2. The third-order valence-corrected chi connectivity index (χ3v) is 4.35. The number of carboxylic acid groups (broad SMARTS) is 2. The molecule has 8 N–H and O–H groups in total. The predicted molar refractivity (Wildman–Crippen MR) is 99.8 cm³/mol. The number of amides is 2. The van der Waals surface area contributed by atoms with Crippen molar-refractivity contribution in [2.45, 2.75) is 50.4 Å². The van der Waals surface area contributed by atoms with Crippen LogP contribution in [0, 0.1) is 0 Å². The molecule has 0 spiro atoms. The molecule has 0 heterocycles. The van der Waals surface area contributed by atoms with Crippen LogP contribution in [0.5, 0.6) is 5.75 Å². The number of nitrogens with two attached hydrogens (primary N) is 1. The summed E-state index contributed by atoms with van der Waals surface area (Å²) in [6.45, 7) is 2.46. The molecular formula is C18H25N3O8. The van der Waals surface area contributed by atoms with Gasteiger partial charge in [-0.3, -0.25) is 14.4 Å². The van der Waals surface area contributed by atoms with Gasteiger partial charge in [0.1, 0.15) is 23.4 Å². The Morgan fingerprint density at radius 3 is 2.07 bits per heavy atom. The Bertz CT molecular complexity index is 761. The molecule has 1 rings (SSSR count). The fourth-order valence-electron chi connectivity index (χ4n) is 2.23. The van der Waals surface area contributed by atoms with Gasteiger partial charge < -0.3 is 36.8 Å². The molecule has 0 aliphatic heterocycles. The maximum atomic E-state index is 12.5. The Kier molecular flexibility index (Phi) is 8.10. The van der Waals surface area contributed by atoms with Crippen LogP contribution in [0.1, 0.15) is 25.8 Å². The number of carboxylic acids is 2. The van der Waals surface area contributed by atoms with Crippen LogP contribution in [0.15, 0.2) is 24.3 Å². The average Bonchev–Trinajstić information content (AvgIpc) is 2.61. The lowest BCUT2D eigenvalue weighted by Gasteiger charge is -2.29. The lowest BCUT2D eigenvalue weighted by atomic mass is 9.95. The van der Waals surface area contributed by atoms with Gasteiger partial charge in [-0.1, -0.05) is 12.1 Å². The zero-order valence-electron chi connectivity index (χ0n) is 16.0. The molecule has 1 unspecified atom stereocenters. The van der Waals surface area contributed by atoms with E-state index < -0.39 is 53.9 Å². The Morgan fingerprint density at radius 1 is 1.07 bits per heavy atom. The second kappa shape index (κ2) is 9.85. The predicted octanol–water partition coefficient (Wildman–Crippen LogP) is -1.44. The Morgan fingerprint density at radius 2 is 1.62 bits per heavy atom. The van der Waals surface area contributed by atoms with Crippen molar-refractivity contribution in [3.8, 4) is 5.75 Å². The van der Waals surface area contributed by atoms with Crippen molar-refractivity contribution in [1.82, 2.24) is 10.6 Å². The molecule has 0 aliphatic rings. The highest BCUT2D eigenvalue weighted by molar-refractivity contribution is 5.95. The molecule has 0 saturated carbocycles. The summed E-state index contributed by atoms with van der Waals surface area (Å²) >= 11 is 0. The van der Waals surface area contributed by atoms with Crippen LogP contribution in [0.2, 0.25) is 0 Å². The number of hydrogen-bond acceptors (Lipinski definition) is 7. The molecule has 4 atom stereocenters. The largest absolute Gasteiger partial charge is 0.508 e. The van der Waals surface area contributed by atoms with Crippen molar-refractivity contribution in [3.63, 3.8) is 0 Å². The van der Waals surface area contributed by atoms with Gasteiger partial charge in [0.25, 0.3) is 0 Å². The third kappa shape index (κ3) is 7.05. The minimum absolute atomic E-state index is 0.0168. The fourth-order valence-corrected chi connectivity index (χ4v) is 2.23. The van der Waals surface area contributed by atoms with Crippen LogP contribution >= 0.6 is 0 Å². The van der Waals surface area contributed by atoms with Crippen LogP contribution < -0.4 is 16.4 Å². The highest BCUT2D eigenvalue weighted by Gasteiger charge is 2.37. The van der Waals surface area contributed by atoms with Gasteiger partial charge in [0.15, 0.2) is 0 Å². The topological polar surface area (TPSA) is 199 Å². The molecule has 29 heavy (non-hydrogen) atoms. The van der Waals surface area contributed by atoms with Crippen molar-refractivity contribution in [1.29, 1.82) is 0 Å². The van der Waals surface area contributed by atoms with E-state index in [1.54, 1.807) is 0 Å². The monoisotopic (exact) mass is 411 g/mol. The first-order chi connectivity index (χ1) is 13.3. The molecule has 0 saturated heterocycles. The molecule has 1 aromatic carbocycles. The van der Waals surface area contributed by atoms with Gasteiger partial charge in [-0.25, -0.2) is 4.79 Å². The molecule has 1 aromatic rings. The normalized spacial score (nSPS) is 16.0. The summed E-state index contributed by atoms with van der Waals surface area (Å²) in [5, 5.41) is 41.6. The number of nitrogens with one attached hydrogen (secondary N) is 2. The summed E-state index contributed by atoms with van der Waals surface area (Å²) in [4.78, 5) is 47.3. The van der Waals surface area contributed by atoms with Crippen molar-refractivity contribution in [2.24, 2.45) is 5.73 Å². The number of phenolic OH excluding ortho intramolecular Hbond substituents is 1. The first-order valence-electron chi connectivity index (χ1n) is 8.65. The van der Waals surface area contributed by atoms with Crippen LogP contribution in [0.25, 0.3) is 0 Å². The zero-order chi connectivity index (χ0) is 22.4. The average molecular weight is 411 g/mol. The van der Waals surface area contributed by atoms with Crippen molar-refractivity contribution < 1.29 is 39.6 Å². The Balaban J connectivity index is 2.95. The van der Waals surface area contributed by atoms with Crippen molar-refractivity contribution in [2.75, 3.05) is 0 Å². The number of aliphatic hydroxyl groups is 1. The van der Waals surface area contributed by atoms with E-state index in [1.807, 2.05) is 0 Å². The zero-order valence-corrected chi connectivity index (χ0v) is 16.0. The molecule has 0 aliphatic carbocycles. The summed E-state index contributed by atoms with van der Waals surface area (Å²) in [5.41, 5.74) is 4.39. The van der Waals surface area contributed by atoms with Crippen molar-refractivity contribution >= 4 is 23.8 Å². The number of carbonyl (C=O) groups is 4. The SMILES string of the molecule is CC(O)[C@](C)(N)C(=O)N[C@@H](CC(=O)O)C(=O)N[C@H](Cc1ccc(O)cc1)C(=O)O. The van der Waals surface area contributed by atoms with Crippen LogP contribution in [0.3, 0.4) is 0 Å². The molecule has 11 nitrogen and oxygen atoms in total. The lowest BCUT2D eigenvalue weighted by Crippen LogP contribution is -2.62. The smallest absolute Gasteiger partial charge is 0.326 e. The second-order valence-electron chi connectivity index (χ2n) is 6.85. The number of hydrogen-bond donors (Lipinski definition) is 7. The highest BCUT2D eigenvalue weighted by Crippen LogP contribution is 2.12. The molecule has 0 bridgehead atoms. The summed E-state index contributed by atoms with van der Waals surface area (Å²) in [6.07, 6.45) is -2.26. The molecule has 11 heteroatoms. The summed E-state index contributed by atoms with van der Waals surface area (Å²) in [7, 11) is 0. The minimum atomic E-state index is -1.80. The summed E-state index contributed by atoms with van der Waals surface area (Å²) < 4.78 is 0. The number of phenols is 1. The van der Waals surface area contributed by atoms with E-state index in [2.05, 4.69) is 10.6 Å². The van der Waals surface area contributed by atoms with E-state index in [4.69, 9.17) is 10.8 Å². The van der Waals surface area contributed by atoms with Gasteiger partial charge in [0.05, 0.1) is 12.5 Å². The third-order valence-electron chi connectivity index (χ3n) is 4.35. The second-order valence-corrected chi connectivity index (χ2v) is 6.85. The summed E-state index contributed by atoms with van der Waals surface area (Å²) in [6, 6.07) is 2.61. The van der Waals surface area contributed by atoms with E-state index in [0.29, 0.717) is 5.56 Å². The van der Waals surface area contributed by atoms with Gasteiger partial charge in [-0.05, 0) is 31.5 Å².